The van der Waals surface area contributed by atoms with Crippen LogP contribution in [0.5, 0.6) is 0 Å². The molecule has 0 radical (unpaired) electrons. The molecule has 2 bridgehead atoms. The topological polar surface area (TPSA) is 46.5 Å². The lowest BCUT2D eigenvalue weighted by Crippen LogP contribution is -2.63. The molecule has 1 N–H and O–H groups in total. The number of carbonyl (C=O) groups excluding carboxylic acids is 1. The van der Waals surface area contributed by atoms with Crippen molar-refractivity contribution in [3.8, 4) is 0 Å². The highest BCUT2D eigenvalue weighted by atomic mass is 127. The zero-order valence-electron chi connectivity index (χ0n) is 11.7. The van der Waals surface area contributed by atoms with Crippen LogP contribution in [0.15, 0.2) is 0 Å². The zero-order chi connectivity index (χ0) is 16.9. The molecule has 5 atom stereocenters. The van der Waals surface area contributed by atoms with Gasteiger partial charge in [0.25, 0.3) is 5.92 Å². The first-order valence-electron chi connectivity index (χ1n) is 6.94. The van der Waals surface area contributed by atoms with Crippen LogP contribution in [0, 0.1) is 17.8 Å². The summed E-state index contributed by atoms with van der Waals surface area (Å²) in [6.45, 7) is 1.43. The molecule has 2 saturated carbocycles. The number of rotatable bonds is 4. The number of esters is 1. The van der Waals surface area contributed by atoms with Gasteiger partial charge in [0.05, 0.1) is 6.61 Å². The highest BCUT2D eigenvalue weighted by molar-refractivity contribution is 14.1. The van der Waals surface area contributed by atoms with Gasteiger partial charge in [0.1, 0.15) is 3.92 Å². The molecule has 0 aliphatic heterocycles. The first-order chi connectivity index (χ1) is 9.96. The summed E-state index contributed by atoms with van der Waals surface area (Å²) in [6.07, 6.45) is -5.50. The van der Waals surface area contributed by atoms with Gasteiger partial charge in [-0.25, -0.2) is 8.78 Å². The van der Waals surface area contributed by atoms with Gasteiger partial charge >= 0.3 is 12.1 Å². The standard InChI is InChI=1S/C13H16F5IO3/c1-2-9(19)10(20)22-5-6-3-7-4-8(6)12(14,15)11(7,21)13(16,17)18/h6-9,21H,2-5H2,1H3. The van der Waals surface area contributed by atoms with Crippen molar-refractivity contribution in [2.75, 3.05) is 6.61 Å². The van der Waals surface area contributed by atoms with E-state index >= 15 is 0 Å². The fraction of sp³-hybridized carbons (Fsp3) is 0.923. The number of carbonyl (C=O) groups is 1. The third-order valence-corrected chi connectivity index (χ3v) is 6.13. The summed E-state index contributed by atoms with van der Waals surface area (Å²) in [5, 5.41) is 9.58. The molecule has 2 aliphatic rings. The predicted molar refractivity (Wildman–Crippen MR) is 74.7 cm³/mol. The van der Waals surface area contributed by atoms with E-state index in [1.54, 1.807) is 6.92 Å². The van der Waals surface area contributed by atoms with Crippen molar-refractivity contribution in [3.05, 3.63) is 0 Å². The molecule has 0 aromatic rings. The van der Waals surface area contributed by atoms with Gasteiger partial charge in [0, 0.05) is 17.8 Å². The van der Waals surface area contributed by atoms with Crippen LogP contribution in [0.4, 0.5) is 22.0 Å². The summed E-state index contributed by atoms with van der Waals surface area (Å²) in [7, 11) is 0. The van der Waals surface area contributed by atoms with Crippen LogP contribution in [-0.2, 0) is 9.53 Å². The van der Waals surface area contributed by atoms with Gasteiger partial charge < -0.3 is 9.84 Å². The second-order valence-electron chi connectivity index (χ2n) is 5.93. The average Bonchev–Trinajstić information content (AvgIpc) is 2.93. The van der Waals surface area contributed by atoms with Crippen LogP contribution in [-0.4, -0.2) is 39.3 Å². The maximum atomic E-state index is 14.1. The summed E-state index contributed by atoms with van der Waals surface area (Å²) in [5.41, 5.74) is -3.97. The highest BCUT2D eigenvalue weighted by Gasteiger charge is 2.81. The summed E-state index contributed by atoms with van der Waals surface area (Å²) in [4.78, 5) is 11.5. The molecular weight excluding hydrogens is 426 g/mol. The van der Waals surface area contributed by atoms with Gasteiger partial charge in [-0.15, -0.1) is 0 Å². The summed E-state index contributed by atoms with van der Waals surface area (Å²) >= 11 is 1.85. The van der Waals surface area contributed by atoms with Crippen molar-refractivity contribution in [2.45, 2.75) is 47.8 Å². The van der Waals surface area contributed by atoms with E-state index in [1.165, 1.54) is 0 Å². The minimum Gasteiger partial charge on any atom is -0.465 e. The Balaban J connectivity index is 2.07. The SMILES string of the molecule is CCC(I)C(=O)OCC1CC2CC1C(F)(F)C2(O)C(F)(F)F. The monoisotopic (exact) mass is 442 g/mol. The number of halogens is 6. The Labute approximate surface area is 137 Å². The molecule has 2 fully saturated rings. The number of fused-ring (bicyclic) bond motifs is 2. The molecule has 5 unspecified atom stereocenters. The number of hydrogen-bond acceptors (Lipinski definition) is 3. The lowest BCUT2D eigenvalue weighted by Gasteiger charge is -2.42. The molecule has 2 rings (SSSR count). The Bertz CT molecular complexity index is 455. The first kappa shape index (κ1) is 18.2. The van der Waals surface area contributed by atoms with Crippen LogP contribution in [0.25, 0.3) is 0 Å². The second-order valence-corrected chi connectivity index (χ2v) is 7.43. The Hall–Kier alpha value is -0.190. The summed E-state index contributed by atoms with van der Waals surface area (Å²) < 4.78 is 71.3. The molecule has 3 nitrogen and oxygen atoms in total. The van der Waals surface area contributed by atoms with Crippen molar-refractivity contribution < 1.29 is 36.6 Å². The van der Waals surface area contributed by atoms with Gasteiger partial charge in [-0.2, -0.15) is 13.2 Å². The quantitative estimate of drug-likeness (QED) is 0.315. The fourth-order valence-electron chi connectivity index (χ4n) is 3.52. The van der Waals surface area contributed by atoms with E-state index < -0.39 is 51.8 Å². The molecule has 0 aromatic carbocycles. The van der Waals surface area contributed by atoms with E-state index in [2.05, 4.69) is 0 Å². The largest absolute Gasteiger partial charge is 0.465 e. The van der Waals surface area contributed by atoms with Gasteiger partial charge in [-0.05, 0) is 19.3 Å². The second kappa shape index (κ2) is 5.71. The van der Waals surface area contributed by atoms with Crippen LogP contribution in [0.2, 0.25) is 0 Å². The molecule has 0 spiro atoms. The van der Waals surface area contributed by atoms with Crippen molar-refractivity contribution in [3.63, 3.8) is 0 Å². The van der Waals surface area contributed by atoms with E-state index in [1.807, 2.05) is 22.6 Å². The first-order valence-corrected chi connectivity index (χ1v) is 8.19. The molecular formula is C13H16F5IO3. The normalized spacial score (nSPS) is 38.1. The summed E-state index contributed by atoms with van der Waals surface area (Å²) in [5.74, 6) is -8.85. The Morgan fingerprint density at radius 2 is 2.00 bits per heavy atom. The lowest BCUT2D eigenvalue weighted by molar-refractivity contribution is -0.351. The average molecular weight is 442 g/mol. The maximum absolute atomic E-state index is 14.1. The van der Waals surface area contributed by atoms with Gasteiger partial charge in [-0.3, -0.25) is 4.79 Å². The van der Waals surface area contributed by atoms with Crippen molar-refractivity contribution >= 4 is 28.6 Å². The van der Waals surface area contributed by atoms with E-state index in [9.17, 15) is 31.9 Å². The third-order valence-electron chi connectivity index (χ3n) is 4.75. The molecule has 22 heavy (non-hydrogen) atoms. The molecule has 0 amide bonds. The zero-order valence-corrected chi connectivity index (χ0v) is 13.8. The van der Waals surface area contributed by atoms with Crippen molar-refractivity contribution in [2.24, 2.45) is 17.8 Å². The fourth-order valence-corrected chi connectivity index (χ4v) is 3.70. The van der Waals surface area contributed by atoms with E-state index in [4.69, 9.17) is 4.74 Å². The van der Waals surface area contributed by atoms with Crippen LogP contribution < -0.4 is 0 Å². The predicted octanol–water partition coefficient (Wildman–Crippen LogP) is 3.33. The minimum atomic E-state index is -5.38. The lowest BCUT2D eigenvalue weighted by atomic mass is 9.75. The van der Waals surface area contributed by atoms with Gasteiger partial charge in [0.2, 0.25) is 5.60 Å². The van der Waals surface area contributed by atoms with Crippen LogP contribution in [0.1, 0.15) is 26.2 Å². The Morgan fingerprint density at radius 1 is 1.41 bits per heavy atom. The van der Waals surface area contributed by atoms with Crippen molar-refractivity contribution in [1.29, 1.82) is 0 Å². The van der Waals surface area contributed by atoms with Gasteiger partial charge in [0.15, 0.2) is 0 Å². The Kier molecular flexibility index (Phi) is 4.71. The van der Waals surface area contributed by atoms with Crippen LogP contribution >= 0.6 is 22.6 Å². The van der Waals surface area contributed by atoms with Crippen LogP contribution in [0.3, 0.4) is 0 Å². The number of aliphatic hydroxyl groups is 1. The van der Waals surface area contributed by atoms with Gasteiger partial charge in [-0.1, -0.05) is 29.5 Å². The third kappa shape index (κ3) is 2.51. The molecule has 2 aliphatic carbocycles. The number of hydrogen-bond donors (Lipinski definition) is 1. The molecule has 0 heterocycles. The molecule has 9 heteroatoms. The molecule has 0 saturated heterocycles. The number of ether oxygens (including phenoxy) is 1. The molecule has 128 valence electrons. The minimum absolute atomic E-state index is 0.221. The maximum Gasteiger partial charge on any atom is 0.423 e. The van der Waals surface area contributed by atoms with Crippen molar-refractivity contribution in [1.82, 2.24) is 0 Å². The van der Waals surface area contributed by atoms with E-state index in [0.29, 0.717) is 6.42 Å². The highest BCUT2D eigenvalue weighted by Crippen LogP contribution is 2.66. The molecule has 0 aromatic heterocycles. The summed E-state index contributed by atoms with van der Waals surface area (Å²) in [6, 6.07) is 0. The number of alkyl halides is 6. The van der Waals surface area contributed by atoms with E-state index in [0.717, 1.165) is 0 Å². The van der Waals surface area contributed by atoms with E-state index in [-0.39, 0.29) is 13.0 Å². The smallest absolute Gasteiger partial charge is 0.423 e. The Morgan fingerprint density at radius 3 is 2.45 bits per heavy atom.